The Balaban J connectivity index is 1.12. The number of para-hydroxylation sites is 1. The number of anilines is 2. The molecule has 0 atom stereocenters. The highest BCUT2D eigenvalue weighted by Gasteiger charge is 2.31. The Morgan fingerprint density at radius 2 is 1.93 bits per heavy atom. The van der Waals surface area contributed by atoms with Gasteiger partial charge in [0.05, 0.1) is 38.1 Å². The third-order valence-corrected chi connectivity index (χ3v) is 8.91. The highest BCUT2D eigenvalue weighted by Crippen LogP contribution is 2.39. The molecular formula is C32H29ClN6O3S2. The van der Waals surface area contributed by atoms with Crippen LogP contribution >= 0.6 is 35.2 Å². The first-order chi connectivity index (χ1) is 21.5. The summed E-state index contributed by atoms with van der Waals surface area (Å²) < 4.78 is 12.2. The molecule has 12 heteroatoms. The molecular weight excluding hydrogens is 616 g/mol. The van der Waals surface area contributed by atoms with Gasteiger partial charge < -0.3 is 25.0 Å². The molecule has 2 aromatic carbocycles. The van der Waals surface area contributed by atoms with Gasteiger partial charge in [0.15, 0.2) is 5.11 Å². The minimum Gasteiger partial charge on any atom is -0.456 e. The number of hydrogen-bond acceptors (Lipinski definition) is 8. The Morgan fingerprint density at radius 3 is 2.70 bits per heavy atom. The Bertz CT molecular complexity index is 1780. The van der Waals surface area contributed by atoms with E-state index >= 15 is 0 Å². The molecule has 2 N–H and O–H groups in total. The highest BCUT2D eigenvalue weighted by molar-refractivity contribution is 7.80. The molecule has 5 aromatic rings. The smallest absolute Gasteiger partial charge is 0.328 e. The Kier molecular flexibility index (Phi) is 9.29. The van der Waals surface area contributed by atoms with Crippen LogP contribution < -0.4 is 20.3 Å². The molecule has 4 heterocycles. The number of urea groups is 1. The van der Waals surface area contributed by atoms with Gasteiger partial charge in [-0.2, -0.15) is 0 Å². The summed E-state index contributed by atoms with van der Waals surface area (Å²) in [6.07, 6.45) is 3.59. The number of aromatic nitrogens is 2. The lowest BCUT2D eigenvalue weighted by Gasteiger charge is -2.21. The topological polar surface area (TPSA) is 91.8 Å². The van der Waals surface area contributed by atoms with Crippen LogP contribution in [0.15, 0.2) is 85.2 Å². The molecule has 0 saturated carbocycles. The molecule has 0 radical (unpaired) electrons. The standard InChI is InChI=1S/C32H29ClN6O3S2/c1-41-16-13-34-19-21-7-9-26(36-20-21)29-18-27-30(44-29)28(11-12-35-27)42-23-8-10-25(24(33)17-23)37-31(40)39-15-14-38(32(39)43)22-5-3-2-4-6-22/h2-12,17-18,20,34H,13-16,19H2,1H3,(H,37,40). The number of thiocarbonyl (C=S) groups is 1. The van der Waals surface area contributed by atoms with Crippen molar-refractivity contribution >= 4 is 67.9 Å². The molecule has 1 fully saturated rings. The maximum atomic E-state index is 13.1. The van der Waals surface area contributed by atoms with Gasteiger partial charge >= 0.3 is 6.03 Å². The first kappa shape index (κ1) is 29.9. The van der Waals surface area contributed by atoms with Crippen LogP contribution in [0.1, 0.15) is 5.56 Å². The predicted octanol–water partition coefficient (Wildman–Crippen LogP) is 7.18. The number of pyridine rings is 2. The van der Waals surface area contributed by atoms with Crippen LogP contribution in [-0.2, 0) is 11.3 Å². The van der Waals surface area contributed by atoms with Gasteiger partial charge in [0.25, 0.3) is 0 Å². The molecule has 2 amide bonds. The van der Waals surface area contributed by atoms with Crippen molar-refractivity contribution in [1.29, 1.82) is 0 Å². The van der Waals surface area contributed by atoms with Gasteiger partial charge in [0, 0.05) is 63.5 Å². The average Bonchev–Trinajstić information content (AvgIpc) is 3.66. The third kappa shape index (κ3) is 6.67. The quantitative estimate of drug-likeness (QED) is 0.122. The summed E-state index contributed by atoms with van der Waals surface area (Å²) >= 11 is 13.7. The van der Waals surface area contributed by atoms with Crippen molar-refractivity contribution < 1.29 is 14.3 Å². The molecule has 0 spiro atoms. The SMILES string of the molecule is COCCNCc1ccc(-c2cc3nccc(Oc4ccc(NC(=O)N5CCN(c6ccccc6)C5=S)c(Cl)c4)c3s2)nc1. The van der Waals surface area contributed by atoms with Gasteiger partial charge in [-0.1, -0.05) is 35.9 Å². The van der Waals surface area contributed by atoms with Gasteiger partial charge in [-0.3, -0.25) is 14.9 Å². The normalized spacial score (nSPS) is 13.1. The lowest BCUT2D eigenvalue weighted by molar-refractivity contribution is 0.199. The van der Waals surface area contributed by atoms with E-state index in [4.69, 9.17) is 33.3 Å². The number of amides is 2. The zero-order valence-corrected chi connectivity index (χ0v) is 26.2. The second kappa shape index (κ2) is 13.7. The van der Waals surface area contributed by atoms with Crippen LogP contribution in [0.5, 0.6) is 11.5 Å². The number of halogens is 1. The van der Waals surface area contributed by atoms with Crippen LogP contribution in [0, 0.1) is 0 Å². The number of fused-ring (bicyclic) bond motifs is 1. The van der Waals surface area contributed by atoms with Crippen LogP contribution in [-0.4, -0.2) is 59.4 Å². The van der Waals surface area contributed by atoms with E-state index < -0.39 is 0 Å². The largest absolute Gasteiger partial charge is 0.456 e. The van der Waals surface area contributed by atoms with Crippen molar-refractivity contribution in [2.45, 2.75) is 6.54 Å². The van der Waals surface area contributed by atoms with Crippen molar-refractivity contribution in [3.63, 3.8) is 0 Å². The lowest BCUT2D eigenvalue weighted by Crippen LogP contribution is -2.38. The highest BCUT2D eigenvalue weighted by atomic mass is 35.5. The van der Waals surface area contributed by atoms with Crippen LogP contribution in [0.4, 0.5) is 16.2 Å². The van der Waals surface area contributed by atoms with Crippen LogP contribution in [0.3, 0.4) is 0 Å². The zero-order chi connectivity index (χ0) is 30.5. The van der Waals surface area contributed by atoms with Crippen LogP contribution in [0.2, 0.25) is 5.02 Å². The first-order valence-electron chi connectivity index (χ1n) is 14.0. The van der Waals surface area contributed by atoms with Crippen molar-refractivity contribution in [2.75, 3.05) is 43.6 Å². The molecule has 44 heavy (non-hydrogen) atoms. The summed E-state index contributed by atoms with van der Waals surface area (Å²) in [5, 5.41) is 7.00. The Morgan fingerprint density at radius 1 is 1.07 bits per heavy atom. The molecule has 1 aliphatic heterocycles. The molecule has 6 rings (SSSR count). The monoisotopic (exact) mass is 644 g/mol. The Hall–Kier alpha value is -4.13. The molecule has 224 valence electrons. The Labute approximate surface area is 269 Å². The number of hydrogen-bond donors (Lipinski definition) is 2. The fraction of sp³-hybridized carbons (Fsp3) is 0.188. The fourth-order valence-electron chi connectivity index (χ4n) is 4.75. The zero-order valence-electron chi connectivity index (χ0n) is 23.8. The summed E-state index contributed by atoms with van der Waals surface area (Å²) in [6.45, 7) is 3.28. The fourth-order valence-corrected chi connectivity index (χ4v) is 6.38. The van der Waals surface area contributed by atoms with E-state index in [1.807, 2.05) is 59.6 Å². The van der Waals surface area contributed by atoms with E-state index in [0.717, 1.165) is 45.1 Å². The van der Waals surface area contributed by atoms with E-state index in [1.54, 1.807) is 42.8 Å². The summed E-state index contributed by atoms with van der Waals surface area (Å²) in [7, 11) is 1.69. The number of nitrogens with one attached hydrogen (secondary N) is 2. The number of methoxy groups -OCH3 is 1. The molecule has 0 aliphatic carbocycles. The minimum absolute atomic E-state index is 0.338. The minimum atomic E-state index is -0.338. The predicted molar refractivity (Wildman–Crippen MR) is 180 cm³/mol. The number of nitrogens with zero attached hydrogens (tertiary/aromatic N) is 4. The molecule has 0 unspecified atom stereocenters. The summed E-state index contributed by atoms with van der Waals surface area (Å²) in [5.74, 6) is 1.19. The van der Waals surface area contributed by atoms with E-state index in [-0.39, 0.29) is 6.03 Å². The van der Waals surface area contributed by atoms with Crippen LogP contribution in [0.25, 0.3) is 20.8 Å². The van der Waals surface area contributed by atoms with E-state index in [0.29, 0.717) is 47.0 Å². The van der Waals surface area contributed by atoms with Gasteiger partial charge in [-0.05, 0) is 54.2 Å². The third-order valence-electron chi connectivity index (χ3n) is 7.00. The number of carbonyl (C=O) groups is 1. The maximum Gasteiger partial charge on any atom is 0.328 e. The van der Waals surface area contributed by atoms with Crippen molar-refractivity contribution in [2.24, 2.45) is 0 Å². The van der Waals surface area contributed by atoms with E-state index in [2.05, 4.69) is 26.7 Å². The molecule has 1 aliphatic rings. The van der Waals surface area contributed by atoms with E-state index in [1.165, 1.54) is 4.90 Å². The van der Waals surface area contributed by atoms with Gasteiger partial charge in [-0.25, -0.2) is 4.79 Å². The lowest BCUT2D eigenvalue weighted by atomic mass is 10.2. The molecule has 3 aromatic heterocycles. The van der Waals surface area contributed by atoms with Gasteiger partial charge in [-0.15, -0.1) is 11.3 Å². The van der Waals surface area contributed by atoms with Gasteiger partial charge in [0.1, 0.15) is 11.5 Å². The van der Waals surface area contributed by atoms with E-state index in [9.17, 15) is 4.79 Å². The van der Waals surface area contributed by atoms with Crippen molar-refractivity contribution in [3.05, 3.63) is 95.8 Å². The maximum absolute atomic E-state index is 13.1. The second-order valence-electron chi connectivity index (χ2n) is 9.95. The molecule has 1 saturated heterocycles. The van der Waals surface area contributed by atoms with Crippen molar-refractivity contribution in [3.8, 4) is 22.1 Å². The number of thiophene rings is 1. The summed E-state index contributed by atoms with van der Waals surface area (Å²) in [4.78, 5) is 26.7. The summed E-state index contributed by atoms with van der Waals surface area (Å²) in [6, 6.07) is 22.5. The number of rotatable bonds is 10. The average molecular weight is 645 g/mol. The number of benzene rings is 2. The first-order valence-corrected chi connectivity index (χ1v) is 15.6. The number of ether oxygens (including phenoxy) is 2. The second-order valence-corrected chi connectivity index (χ2v) is 11.8. The molecule has 0 bridgehead atoms. The van der Waals surface area contributed by atoms with Gasteiger partial charge in [0.2, 0.25) is 0 Å². The number of carbonyl (C=O) groups excluding carboxylic acids is 1. The van der Waals surface area contributed by atoms with Crippen molar-refractivity contribution in [1.82, 2.24) is 20.2 Å². The molecule has 9 nitrogen and oxygen atoms in total. The summed E-state index contributed by atoms with van der Waals surface area (Å²) in [5.41, 5.74) is 4.20.